The van der Waals surface area contributed by atoms with Crippen molar-refractivity contribution in [1.29, 1.82) is 0 Å². The number of nitrogens with two attached hydrogens (primary N) is 1. The maximum Gasteiger partial charge on any atom is 0.269 e. The normalized spacial score (nSPS) is 12.8. The average Bonchev–Trinajstić information content (AvgIpc) is 2.81. The van der Waals surface area contributed by atoms with Crippen LogP contribution in [-0.4, -0.2) is 48.0 Å². The highest BCUT2D eigenvalue weighted by Crippen LogP contribution is 2.21. The summed E-state index contributed by atoms with van der Waals surface area (Å²) in [5.74, 6) is 0.0142. The van der Waals surface area contributed by atoms with Gasteiger partial charge in [-0.15, -0.1) is 0 Å². The van der Waals surface area contributed by atoms with E-state index in [1.165, 1.54) is 16.4 Å². The van der Waals surface area contributed by atoms with Gasteiger partial charge >= 0.3 is 0 Å². The molecule has 33 heavy (non-hydrogen) atoms. The number of hydrogen-bond donors (Lipinski definition) is 2. The van der Waals surface area contributed by atoms with Gasteiger partial charge in [0.05, 0.1) is 15.9 Å². The van der Waals surface area contributed by atoms with Crippen molar-refractivity contribution in [2.24, 2.45) is 11.7 Å². The molecule has 0 fully saturated rings. The molecule has 2 aromatic rings. The molecule has 0 bridgehead atoms. The monoisotopic (exact) mass is 481 g/mol. The van der Waals surface area contributed by atoms with Crippen molar-refractivity contribution < 1.29 is 18.4 Å². The van der Waals surface area contributed by atoms with Gasteiger partial charge in [-0.25, -0.2) is 8.42 Å². The molecule has 0 spiro atoms. The second-order valence-corrected chi connectivity index (χ2v) is 9.33. The first-order chi connectivity index (χ1) is 15.6. The molecular weight excluding hydrogens is 442 g/mol. The van der Waals surface area contributed by atoms with Crippen molar-refractivity contribution in [2.45, 2.75) is 65.0 Å². The molecule has 0 saturated heterocycles. The molecule has 186 valence electrons. The van der Waals surface area contributed by atoms with Crippen molar-refractivity contribution in [3.05, 3.63) is 70.3 Å². The van der Waals surface area contributed by atoms with Gasteiger partial charge in [0, 0.05) is 31.3 Å². The van der Waals surface area contributed by atoms with Gasteiger partial charge in [0.15, 0.2) is 0 Å². The number of nitro groups is 1. The zero-order valence-corrected chi connectivity index (χ0v) is 21.3. The van der Waals surface area contributed by atoms with Gasteiger partial charge < -0.3 is 10.8 Å². The van der Waals surface area contributed by atoms with Crippen LogP contribution in [0.1, 0.15) is 47.1 Å². The molecule has 2 aromatic carbocycles. The summed E-state index contributed by atoms with van der Waals surface area (Å²) in [4.78, 5) is 10.2. The minimum atomic E-state index is -3.94. The standard InChI is InChI=1S/C20H27N3O5S.2C2H6/c1-15(2)13-22(14-20(24)19(21)12-16-6-4-3-5-7-16)29(27,28)18-10-8-17(9-11-18)23(25)26;2*1-2/h3-11,15,19-20,24H,12-14,21H2,1-2H3;2*1-2H3. The predicted molar refractivity (Wildman–Crippen MR) is 134 cm³/mol. The zero-order valence-electron chi connectivity index (χ0n) is 20.5. The molecule has 0 aliphatic rings. The molecule has 3 N–H and O–H groups in total. The second kappa shape index (κ2) is 15.5. The van der Waals surface area contributed by atoms with Gasteiger partial charge in [-0.05, 0) is 30.0 Å². The van der Waals surface area contributed by atoms with Gasteiger partial charge in [0.1, 0.15) is 0 Å². The first-order valence-corrected chi connectivity index (χ1v) is 12.8. The Morgan fingerprint density at radius 3 is 1.94 bits per heavy atom. The van der Waals surface area contributed by atoms with Gasteiger partial charge in [-0.1, -0.05) is 71.9 Å². The first kappa shape index (κ1) is 30.7. The Morgan fingerprint density at radius 2 is 1.48 bits per heavy atom. The summed E-state index contributed by atoms with van der Waals surface area (Å²) in [6, 6.07) is 13.5. The number of hydrogen-bond acceptors (Lipinski definition) is 6. The fraction of sp³-hybridized carbons (Fsp3) is 0.500. The summed E-state index contributed by atoms with van der Waals surface area (Å²) < 4.78 is 27.3. The van der Waals surface area contributed by atoms with Crippen LogP contribution in [0.5, 0.6) is 0 Å². The van der Waals surface area contributed by atoms with Crippen molar-refractivity contribution in [1.82, 2.24) is 4.31 Å². The predicted octanol–water partition coefficient (Wildman–Crippen LogP) is 4.22. The Morgan fingerprint density at radius 1 is 0.970 bits per heavy atom. The molecule has 0 aliphatic carbocycles. The van der Waals surface area contributed by atoms with Crippen LogP contribution in [0.3, 0.4) is 0 Å². The lowest BCUT2D eigenvalue weighted by Crippen LogP contribution is -2.47. The van der Waals surface area contributed by atoms with Crippen molar-refractivity contribution in [2.75, 3.05) is 13.1 Å². The Kier molecular flexibility index (Phi) is 14.4. The lowest BCUT2D eigenvalue weighted by atomic mass is 10.0. The van der Waals surface area contributed by atoms with Gasteiger partial charge in [-0.3, -0.25) is 10.1 Å². The molecule has 0 saturated carbocycles. The number of sulfonamides is 1. The van der Waals surface area contributed by atoms with E-state index in [-0.39, 0.29) is 29.6 Å². The third-order valence-electron chi connectivity index (χ3n) is 4.45. The summed E-state index contributed by atoms with van der Waals surface area (Å²) in [6.07, 6.45) is -0.656. The van der Waals surface area contributed by atoms with Gasteiger partial charge in [0.25, 0.3) is 5.69 Å². The topological polar surface area (TPSA) is 127 Å². The van der Waals surface area contributed by atoms with E-state index in [1.807, 2.05) is 71.9 Å². The summed E-state index contributed by atoms with van der Waals surface area (Å²) in [6.45, 7) is 11.8. The largest absolute Gasteiger partial charge is 0.390 e. The van der Waals surface area contributed by atoms with Gasteiger partial charge in [-0.2, -0.15) is 4.31 Å². The van der Waals surface area contributed by atoms with Crippen LogP contribution < -0.4 is 5.73 Å². The van der Waals surface area contributed by atoms with Crippen LogP contribution in [0.4, 0.5) is 5.69 Å². The van der Waals surface area contributed by atoms with Crippen LogP contribution in [0.2, 0.25) is 0 Å². The molecule has 0 aromatic heterocycles. The number of aliphatic hydroxyl groups is 1. The molecule has 2 rings (SSSR count). The van der Waals surface area contributed by atoms with E-state index in [4.69, 9.17) is 5.73 Å². The van der Waals surface area contributed by atoms with E-state index in [1.54, 1.807) is 0 Å². The van der Waals surface area contributed by atoms with Crippen LogP contribution in [-0.2, 0) is 16.4 Å². The lowest BCUT2D eigenvalue weighted by Gasteiger charge is -2.28. The van der Waals surface area contributed by atoms with Crippen LogP contribution >= 0.6 is 0 Å². The Labute approximate surface area is 198 Å². The van der Waals surface area contributed by atoms with Crippen LogP contribution in [0, 0.1) is 16.0 Å². The minimum Gasteiger partial charge on any atom is -0.390 e. The number of nitrogens with zero attached hydrogens (tertiary/aromatic N) is 2. The molecule has 9 heteroatoms. The van der Waals surface area contributed by atoms with Crippen molar-refractivity contribution in [3.8, 4) is 0 Å². The Bertz CT molecular complexity index is 903. The van der Waals surface area contributed by atoms with E-state index in [0.717, 1.165) is 17.7 Å². The van der Waals surface area contributed by atoms with E-state index >= 15 is 0 Å². The molecule has 0 heterocycles. The van der Waals surface area contributed by atoms with Crippen molar-refractivity contribution in [3.63, 3.8) is 0 Å². The maximum atomic E-state index is 13.1. The summed E-state index contributed by atoms with van der Waals surface area (Å²) in [5.41, 5.74) is 6.88. The van der Waals surface area contributed by atoms with E-state index in [9.17, 15) is 23.6 Å². The molecule has 0 radical (unpaired) electrons. The highest BCUT2D eigenvalue weighted by atomic mass is 32.2. The lowest BCUT2D eigenvalue weighted by molar-refractivity contribution is -0.384. The highest BCUT2D eigenvalue weighted by molar-refractivity contribution is 7.89. The first-order valence-electron chi connectivity index (χ1n) is 11.3. The quantitative estimate of drug-likeness (QED) is 0.386. The molecule has 2 atom stereocenters. The molecule has 0 aliphatic heterocycles. The smallest absolute Gasteiger partial charge is 0.269 e. The minimum absolute atomic E-state index is 0.0142. The molecule has 8 nitrogen and oxygen atoms in total. The Hall–Kier alpha value is -2.33. The molecule has 2 unspecified atom stereocenters. The molecular formula is C24H39N3O5S. The third-order valence-corrected chi connectivity index (χ3v) is 6.30. The van der Waals surface area contributed by atoms with Crippen LogP contribution in [0.25, 0.3) is 0 Å². The number of nitro benzene ring substituents is 1. The van der Waals surface area contributed by atoms with Crippen molar-refractivity contribution >= 4 is 15.7 Å². The van der Waals surface area contributed by atoms with E-state index in [0.29, 0.717) is 6.42 Å². The number of rotatable bonds is 10. The summed E-state index contributed by atoms with van der Waals surface area (Å²) in [7, 11) is -3.94. The summed E-state index contributed by atoms with van der Waals surface area (Å²) >= 11 is 0. The third kappa shape index (κ3) is 10.00. The highest BCUT2D eigenvalue weighted by Gasteiger charge is 2.29. The molecule has 0 amide bonds. The van der Waals surface area contributed by atoms with Gasteiger partial charge in [0.2, 0.25) is 10.0 Å². The number of non-ortho nitro benzene ring substituents is 1. The maximum absolute atomic E-state index is 13.1. The second-order valence-electron chi connectivity index (χ2n) is 7.39. The zero-order chi connectivity index (χ0) is 25.6. The summed E-state index contributed by atoms with van der Waals surface area (Å²) in [5, 5.41) is 21.4. The Balaban J connectivity index is 0.00000242. The van der Waals surface area contributed by atoms with Crippen LogP contribution in [0.15, 0.2) is 59.5 Å². The van der Waals surface area contributed by atoms with E-state index < -0.39 is 27.1 Å². The fourth-order valence-electron chi connectivity index (χ4n) is 2.93. The average molecular weight is 482 g/mol. The SMILES string of the molecule is CC.CC.CC(C)CN(CC(O)C(N)Cc1ccccc1)S(=O)(=O)c1ccc([N+](=O)[O-])cc1. The number of aliphatic hydroxyl groups excluding tert-OH is 1. The number of benzene rings is 2. The fourth-order valence-corrected chi connectivity index (χ4v) is 4.55. The van der Waals surface area contributed by atoms with E-state index in [2.05, 4.69) is 0 Å².